The van der Waals surface area contributed by atoms with Gasteiger partial charge in [0.15, 0.2) is 0 Å². The lowest BCUT2D eigenvalue weighted by Crippen LogP contribution is -2.41. The zero-order valence-electron chi connectivity index (χ0n) is 15.2. The van der Waals surface area contributed by atoms with Crippen molar-refractivity contribution in [3.63, 3.8) is 0 Å². The number of anilines is 2. The Balaban J connectivity index is 1.66. The van der Waals surface area contributed by atoms with Gasteiger partial charge in [0.2, 0.25) is 5.78 Å². The number of Topliss-reactive ketones (excluding diaryl/α,β-unsaturated/α-hetero) is 1. The lowest BCUT2D eigenvalue weighted by atomic mass is 10.0. The van der Waals surface area contributed by atoms with E-state index in [4.69, 9.17) is 0 Å². The molecule has 0 saturated carbocycles. The zero-order valence-corrected chi connectivity index (χ0v) is 16.0. The Morgan fingerprint density at radius 2 is 1.60 bits per heavy atom. The average molecular weight is 437 g/mol. The number of fused-ring (bicyclic) bond motifs is 2. The molecule has 0 fully saturated rings. The molecular formula is C19H14F3N3O4S. The molecule has 0 bridgehead atoms. The van der Waals surface area contributed by atoms with Crippen molar-refractivity contribution in [2.24, 2.45) is 0 Å². The summed E-state index contributed by atoms with van der Waals surface area (Å²) in [6.45, 7) is -0.991. The zero-order chi connectivity index (χ0) is 21.7. The van der Waals surface area contributed by atoms with Crippen molar-refractivity contribution < 1.29 is 31.2 Å². The van der Waals surface area contributed by atoms with Gasteiger partial charge in [0.05, 0.1) is 11.3 Å². The number of amides is 1. The van der Waals surface area contributed by atoms with Crippen LogP contribution in [0.15, 0.2) is 54.2 Å². The first-order valence-electron chi connectivity index (χ1n) is 8.74. The number of rotatable bonds is 4. The van der Waals surface area contributed by atoms with Gasteiger partial charge < -0.3 is 10.2 Å². The molecule has 2 heterocycles. The number of allylic oxidation sites excluding steroid dienone is 1. The third-order valence-corrected chi connectivity index (χ3v) is 5.96. The Morgan fingerprint density at radius 3 is 2.27 bits per heavy atom. The van der Waals surface area contributed by atoms with Gasteiger partial charge >= 0.3 is 15.5 Å². The highest BCUT2D eigenvalue weighted by Gasteiger charge is 2.46. The third kappa shape index (κ3) is 3.15. The van der Waals surface area contributed by atoms with Crippen LogP contribution in [0.25, 0.3) is 5.57 Å². The van der Waals surface area contributed by atoms with Gasteiger partial charge in [0.1, 0.15) is 5.70 Å². The lowest BCUT2D eigenvalue weighted by Gasteiger charge is -2.18. The molecule has 2 aromatic rings. The number of ketones is 1. The van der Waals surface area contributed by atoms with Crippen molar-refractivity contribution in [1.82, 2.24) is 4.72 Å². The van der Waals surface area contributed by atoms with Crippen molar-refractivity contribution in [3.8, 4) is 0 Å². The molecule has 30 heavy (non-hydrogen) atoms. The highest BCUT2D eigenvalue weighted by atomic mass is 32.2. The number of benzene rings is 2. The number of nitrogens with zero attached hydrogens (tertiary/aromatic N) is 1. The minimum Gasteiger partial charge on any atom is -0.351 e. The predicted octanol–water partition coefficient (Wildman–Crippen LogP) is 2.49. The maximum atomic E-state index is 13.1. The molecule has 0 unspecified atom stereocenters. The van der Waals surface area contributed by atoms with Gasteiger partial charge in [0, 0.05) is 29.9 Å². The minimum absolute atomic E-state index is 0.0759. The van der Waals surface area contributed by atoms with Crippen LogP contribution < -0.4 is 14.9 Å². The fourth-order valence-electron chi connectivity index (χ4n) is 3.41. The molecule has 2 aliphatic heterocycles. The fourth-order valence-corrected chi connectivity index (χ4v) is 3.93. The van der Waals surface area contributed by atoms with Crippen LogP contribution >= 0.6 is 0 Å². The quantitative estimate of drug-likeness (QED) is 0.717. The summed E-state index contributed by atoms with van der Waals surface area (Å²) in [5.41, 5.74) is -3.52. The van der Waals surface area contributed by atoms with E-state index < -0.39 is 28.0 Å². The molecule has 156 valence electrons. The molecule has 2 N–H and O–H groups in total. The summed E-state index contributed by atoms with van der Waals surface area (Å²) in [7, 11) is -5.52. The molecule has 0 aromatic heterocycles. The van der Waals surface area contributed by atoms with Gasteiger partial charge in [-0.05, 0) is 18.2 Å². The third-order valence-electron chi connectivity index (χ3n) is 4.76. The molecule has 0 radical (unpaired) electrons. The number of sulfonamides is 1. The van der Waals surface area contributed by atoms with E-state index in [1.54, 1.807) is 48.5 Å². The lowest BCUT2D eigenvalue weighted by molar-refractivity contribution is -0.113. The fraction of sp³-hybridized carbons (Fsp3) is 0.158. The Labute approximate surface area is 169 Å². The second kappa shape index (κ2) is 6.96. The Hall–Kier alpha value is -3.18. The monoisotopic (exact) mass is 437 g/mol. The summed E-state index contributed by atoms with van der Waals surface area (Å²) in [6, 6.07) is 13.2. The summed E-state index contributed by atoms with van der Waals surface area (Å²) in [4.78, 5) is 27.0. The average Bonchev–Trinajstić information content (AvgIpc) is 3.15. The van der Waals surface area contributed by atoms with Crippen molar-refractivity contribution in [2.45, 2.75) is 5.51 Å². The van der Waals surface area contributed by atoms with Gasteiger partial charge in [-0.25, -0.2) is 13.1 Å². The largest absolute Gasteiger partial charge is 0.511 e. The van der Waals surface area contributed by atoms with Crippen LogP contribution in [0, 0.1) is 0 Å². The Bertz CT molecular complexity index is 1210. The van der Waals surface area contributed by atoms with Crippen LogP contribution in [0.5, 0.6) is 0 Å². The molecule has 0 saturated heterocycles. The van der Waals surface area contributed by atoms with E-state index in [2.05, 4.69) is 5.32 Å². The van der Waals surface area contributed by atoms with Gasteiger partial charge in [-0.3, -0.25) is 9.59 Å². The second-order valence-corrected chi connectivity index (χ2v) is 8.33. The first-order chi connectivity index (χ1) is 14.1. The van der Waals surface area contributed by atoms with Crippen LogP contribution in [0.2, 0.25) is 0 Å². The summed E-state index contributed by atoms with van der Waals surface area (Å²) >= 11 is 0. The van der Waals surface area contributed by atoms with Crippen molar-refractivity contribution >= 4 is 38.7 Å². The number of hydrogen-bond acceptors (Lipinski definition) is 5. The molecule has 1 amide bonds. The normalized spacial score (nSPS) is 18.4. The number of alkyl halides is 3. The topological polar surface area (TPSA) is 95.6 Å². The molecular weight excluding hydrogens is 423 g/mol. The SMILES string of the molecule is O=C1/C(=C2/C(=O)N(CCNS(=O)(=O)C(F)(F)F)c3ccccc32)Nc2ccccc21. The molecule has 7 nitrogen and oxygen atoms in total. The first-order valence-corrected chi connectivity index (χ1v) is 10.2. The molecule has 0 spiro atoms. The number of carbonyl (C=O) groups is 2. The molecule has 0 aliphatic carbocycles. The molecule has 4 rings (SSSR count). The predicted molar refractivity (Wildman–Crippen MR) is 103 cm³/mol. The Morgan fingerprint density at radius 1 is 0.967 bits per heavy atom. The van der Waals surface area contributed by atoms with E-state index in [0.29, 0.717) is 22.5 Å². The van der Waals surface area contributed by atoms with Crippen LogP contribution in [0.1, 0.15) is 15.9 Å². The minimum atomic E-state index is -5.52. The van der Waals surface area contributed by atoms with E-state index in [-0.39, 0.29) is 23.6 Å². The highest BCUT2D eigenvalue weighted by molar-refractivity contribution is 7.90. The summed E-state index contributed by atoms with van der Waals surface area (Å²) < 4.78 is 61.3. The number of nitrogens with one attached hydrogen (secondary N) is 2. The van der Waals surface area contributed by atoms with E-state index in [1.807, 2.05) is 0 Å². The van der Waals surface area contributed by atoms with E-state index in [0.717, 1.165) is 4.90 Å². The highest BCUT2D eigenvalue weighted by Crippen LogP contribution is 2.41. The van der Waals surface area contributed by atoms with Gasteiger partial charge in [0.25, 0.3) is 5.91 Å². The molecule has 0 atom stereocenters. The van der Waals surface area contributed by atoms with Crippen molar-refractivity contribution in [1.29, 1.82) is 0 Å². The molecule has 11 heteroatoms. The number of halogens is 3. The smallest absolute Gasteiger partial charge is 0.351 e. The van der Waals surface area contributed by atoms with E-state index in [1.165, 1.54) is 4.72 Å². The summed E-state index contributed by atoms with van der Waals surface area (Å²) in [5.74, 6) is -0.977. The maximum Gasteiger partial charge on any atom is 0.511 e. The van der Waals surface area contributed by atoms with Crippen molar-refractivity contribution in [3.05, 3.63) is 65.4 Å². The first kappa shape index (κ1) is 20.1. The van der Waals surface area contributed by atoms with Crippen LogP contribution in [-0.4, -0.2) is 38.7 Å². The van der Waals surface area contributed by atoms with Gasteiger partial charge in [-0.2, -0.15) is 13.2 Å². The van der Waals surface area contributed by atoms with E-state index in [9.17, 15) is 31.2 Å². The maximum absolute atomic E-state index is 13.1. The molecule has 2 aliphatic rings. The van der Waals surface area contributed by atoms with Gasteiger partial charge in [-0.1, -0.05) is 30.3 Å². The van der Waals surface area contributed by atoms with Crippen molar-refractivity contribution in [2.75, 3.05) is 23.3 Å². The number of hydrogen-bond donors (Lipinski definition) is 2. The summed E-state index contributed by atoms with van der Waals surface area (Å²) in [6.07, 6.45) is 0. The number of para-hydroxylation sites is 2. The second-order valence-electron chi connectivity index (χ2n) is 6.57. The summed E-state index contributed by atoms with van der Waals surface area (Å²) in [5, 5.41) is 2.94. The van der Waals surface area contributed by atoms with Crippen LogP contribution in [0.4, 0.5) is 24.5 Å². The van der Waals surface area contributed by atoms with E-state index >= 15 is 0 Å². The van der Waals surface area contributed by atoms with Crippen LogP contribution in [0.3, 0.4) is 0 Å². The standard InChI is InChI=1S/C19H14F3N3O4S/c20-19(21,22)30(28,29)23-9-10-25-14-8-4-2-6-12(14)15(18(25)27)16-17(26)11-5-1-3-7-13(11)24-16/h1-8,23-24H,9-10H2/b16-15-. The van der Waals surface area contributed by atoms with Gasteiger partial charge in [-0.15, -0.1) is 0 Å². The number of carbonyl (C=O) groups excluding carboxylic acids is 2. The Kier molecular flexibility index (Phi) is 4.66. The molecule has 2 aromatic carbocycles. The van der Waals surface area contributed by atoms with Crippen LogP contribution in [-0.2, 0) is 14.8 Å².